The Morgan fingerprint density at radius 3 is 2.71 bits per heavy atom. The quantitative estimate of drug-likeness (QED) is 0.591. The number of para-hydroxylation sites is 2. The number of aromatic nitrogens is 4. The van der Waals surface area contributed by atoms with E-state index >= 15 is 0 Å². The lowest BCUT2D eigenvalue weighted by molar-refractivity contribution is -0.132. The van der Waals surface area contributed by atoms with Gasteiger partial charge in [0.2, 0.25) is 16.9 Å². The zero-order valence-electron chi connectivity index (χ0n) is 15.0. The van der Waals surface area contributed by atoms with Crippen LogP contribution in [0.25, 0.3) is 11.0 Å². The summed E-state index contributed by atoms with van der Waals surface area (Å²) in [5, 5.41) is 9.08. The summed E-state index contributed by atoms with van der Waals surface area (Å²) in [5.74, 6) is -0.0999. The lowest BCUT2D eigenvalue weighted by atomic mass is 10.3. The predicted octanol–water partition coefficient (Wildman–Crippen LogP) is 0.814. The molecule has 0 atom stereocenters. The second-order valence-corrected chi connectivity index (χ2v) is 8.51. The summed E-state index contributed by atoms with van der Waals surface area (Å²) < 4.78 is 2.61. The van der Waals surface area contributed by atoms with Gasteiger partial charge in [-0.1, -0.05) is 35.2 Å². The van der Waals surface area contributed by atoms with Gasteiger partial charge in [-0.2, -0.15) is 0 Å². The van der Waals surface area contributed by atoms with Crippen molar-refractivity contribution in [2.45, 2.75) is 10.9 Å². The van der Waals surface area contributed by atoms with Gasteiger partial charge in [0.15, 0.2) is 4.34 Å². The normalized spacial score (nSPS) is 14.6. The number of thioether (sulfide) groups is 1. The van der Waals surface area contributed by atoms with Crippen molar-refractivity contribution in [1.82, 2.24) is 24.6 Å². The molecule has 1 aliphatic heterocycles. The summed E-state index contributed by atoms with van der Waals surface area (Å²) in [6.07, 6.45) is 1.71. The highest BCUT2D eigenvalue weighted by molar-refractivity contribution is 8.01. The third-order valence-electron chi connectivity index (χ3n) is 4.47. The van der Waals surface area contributed by atoms with Crippen LogP contribution in [-0.4, -0.2) is 68.4 Å². The van der Waals surface area contributed by atoms with Crippen LogP contribution < -0.4 is 10.6 Å². The standard InChI is InChI=1S/C17H19N7O2S2/c18-14(25)10-27-17-21-20-16(28-17)23-7-5-22(6-8-23)15(26)9-24-11-19-12-3-1-2-4-13(12)24/h1-4,11H,5-10H2,(H2,18,25). The number of carbonyl (C=O) groups excluding carboxylic acids is 2. The first-order chi connectivity index (χ1) is 13.6. The highest BCUT2D eigenvalue weighted by atomic mass is 32.2. The van der Waals surface area contributed by atoms with Gasteiger partial charge in [0.1, 0.15) is 6.54 Å². The minimum absolute atomic E-state index is 0.0813. The van der Waals surface area contributed by atoms with E-state index in [9.17, 15) is 9.59 Å². The van der Waals surface area contributed by atoms with E-state index in [0.717, 1.165) is 20.5 Å². The lowest BCUT2D eigenvalue weighted by Crippen LogP contribution is -2.49. The van der Waals surface area contributed by atoms with E-state index in [2.05, 4.69) is 20.1 Å². The second-order valence-electron chi connectivity index (χ2n) is 6.33. The van der Waals surface area contributed by atoms with E-state index in [-0.39, 0.29) is 24.1 Å². The molecular formula is C17H19N7O2S2. The second kappa shape index (κ2) is 8.15. The molecule has 2 N–H and O–H groups in total. The number of amides is 2. The van der Waals surface area contributed by atoms with E-state index in [1.165, 1.54) is 23.1 Å². The van der Waals surface area contributed by atoms with Gasteiger partial charge >= 0.3 is 0 Å². The number of nitrogens with two attached hydrogens (primary N) is 1. The number of imidazole rings is 1. The van der Waals surface area contributed by atoms with Crippen molar-refractivity contribution in [3.05, 3.63) is 30.6 Å². The Hall–Kier alpha value is -2.66. The first-order valence-corrected chi connectivity index (χ1v) is 10.6. The molecule has 4 rings (SSSR count). The van der Waals surface area contributed by atoms with Gasteiger partial charge in [-0.3, -0.25) is 9.59 Å². The van der Waals surface area contributed by atoms with Crippen LogP contribution in [0.3, 0.4) is 0 Å². The maximum absolute atomic E-state index is 12.7. The van der Waals surface area contributed by atoms with Gasteiger partial charge in [0, 0.05) is 26.2 Å². The molecule has 0 spiro atoms. The average molecular weight is 418 g/mol. The van der Waals surface area contributed by atoms with Crippen molar-refractivity contribution < 1.29 is 9.59 Å². The van der Waals surface area contributed by atoms with Gasteiger partial charge in [0.25, 0.3) is 0 Å². The molecule has 0 radical (unpaired) electrons. The molecule has 9 nitrogen and oxygen atoms in total. The van der Waals surface area contributed by atoms with Gasteiger partial charge in [-0.25, -0.2) is 4.98 Å². The van der Waals surface area contributed by atoms with E-state index in [0.29, 0.717) is 26.2 Å². The van der Waals surface area contributed by atoms with Crippen LogP contribution in [0.4, 0.5) is 5.13 Å². The Bertz CT molecular complexity index is 994. The van der Waals surface area contributed by atoms with Gasteiger partial charge < -0.3 is 20.1 Å². The van der Waals surface area contributed by atoms with E-state index < -0.39 is 0 Å². The maximum atomic E-state index is 12.7. The zero-order valence-corrected chi connectivity index (χ0v) is 16.7. The summed E-state index contributed by atoms with van der Waals surface area (Å²) in [7, 11) is 0. The number of fused-ring (bicyclic) bond motifs is 1. The smallest absolute Gasteiger partial charge is 0.242 e. The summed E-state index contributed by atoms with van der Waals surface area (Å²) in [6.45, 7) is 2.95. The Balaban J connectivity index is 1.32. The SMILES string of the molecule is NC(=O)CSc1nnc(N2CCN(C(=O)Cn3cnc4ccccc43)CC2)s1. The van der Waals surface area contributed by atoms with E-state index in [1.54, 1.807) is 6.33 Å². The molecule has 3 heterocycles. The van der Waals surface area contributed by atoms with Gasteiger partial charge in [-0.15, -0.1) is 10.2 Å². The van der Waals surface area contributed by atoms with Crippen LogP contribution in [0.5, 0.6) is 0 Å². The Kier molecular flexibility index (Phi) is 5.44. The van der Waals surface area contributed by atoms with E-state index in [4.69, 9.17) is 5.73 Å². The van der Waals surface area contributed by atoms with Crippen molar-refractivity contribution in [1.29, 1.82) is 0 Å². The number of rotatable bonds is 6. The summed E-state index contributed by atoms with van der Waals surface area (Å²) in [5.41, 5.74) is 7.01. The van der Waals surface area contributed by atoms with Crippen molar-refractivity contribution in [2.75, 3.05) is 36.8 Å². The monoisotopic (exact) mass is 417 g/mol. The highest BCUT2D eigenvalue weighted by Crippen LogP contribution is 2.28. The number of carbonyl (C=O) groups is 2. The number of primary amides is 1. The molecule has 3 aromatic rings. The Labute approximate surface area is 169 Å². The van der Waals surface area contributed by atoms with Gasteiger partial charge in [-0.05, 0) is 12.1 Å². The van der Waals surface area contributed by atoms with Crippen molar-refractivity contribution in [2.24, 2.45) is 5.73 Å². The number of hydrogen-bond donors (Lipinski definition) is 1. The zero-order chi connectivity index (χ0) is 19.5. The minimum atomic E-state index is -0.375. The molecule has 0 aliphatic carbocycles. The maximum Gasteiger partial charge on any atom is 0.242 e. The van der Waals surface area contributed by atoms with Gasteiger partial charge in [0.05, 0.1) is 23.1 Å². The molecule has 0 bridgehead atoms. The van der Waals surface area contributed by atoms with Crippen LogP contribution in [0.2, 0.25) is 0 Å². The van der Waals surface area contributed by atoms with Crippen molar-refractivity contribution in [3.8, 4) is 0 Å². The fourth-order valence-corrected chi connectivity index (χ4v) is 4.68. The minimum Gasteiger partial charge on any atom is -0.369 e. The largest absolute Gasteiger partial charge is 0.369 e. The van der Waals surface area contributed by atoms with Crippen LogP contribution >= 0.6 is 23.1 Å². The predicted molar refractivity (Wildman–Crippen MR) is 108 cm³/mol. The Morgan fingerprint density at radius 2 is 1.93 bits per heavy atom. The molecule has 1 aromatic carbocycles. The number of hydrogen-bond acceptors (Lipinski definition) is 8. The average Bonchev–Trinajstić information content (AvgIpc) is 3.34. The molecule has 11 heteroatoms. The molecule has 28 heavy (non-hydrogen) atoms. The fourth-order valence-electron chi connectivity index (χ4n) is 3.05. The van der Waals surface area contributed by atoms with Crippen LogP contribution in [0, 0.1) is 0 Å². The molecule has 1 aliphatic rings. The third-order valence-corrected chi connectivity index (χ3v) is 6.61. The fraction of sp³-hybridized carbons (Fsp3) is 0.353. The number of piperazine rings is 1. The molecule has 1 saturated heterocycles. The van der Waals surface area contributed by atoms with Crippen LogP contribution in [-0.2, 0) is 16.1 Å². The molecular weight excluding hydrogens is 398 g/mol. The Morgan fingerprint density at radius 1 is 1.14 bits per heavy atom. The van der Waals surface area contributed by atoms with E-state index in [1.807, 2.05) is 33.7 Å². The van der Waals surface area contributed by atoms with Crippen LogP contribution in [0.15, 0.2) is 34.9 Å². The molecule has 2 aromatic heterocycles. The van der Waals surface area contributed by atoms with Crippen LogP contribution in [0.1, 0.15) is 0 Å². The first kappa shape index (κ1) is 18.7. The summed E-state index contributed by atoms with van der Waals surface area (Å²) in [4.78, 5) is 31.9. The number of nitrogens with zero attached hydrogens (tertiary/aromatic N) is 6. The van der Waals surface area contributed by atoms with Crippen molar-refractivity contribution >= 4 is 51.1 Å². The van der Waals surface area contributed by atoms with Crippen molar-refractivity contribution in [3.63, 3.8) is 0 Å². The number of benzene rings is 1. The summed E-state index contributed by atoms with van der Waals surface area (Å²) in [6, 6.07) is 7.79. The molecule has 146 valence electrons. The topological polar surface area (TPSA) is 110 Å². The molecule has 0 saturated carbocycles. The highest BCUT2D eigenvalue weighted by Gasteiger charge is 2.24. The molecule has 0 unspecified atom stereocenters. The first-order valence-electron chi connectivity index (χ1n) is 8.77. The molecule has 2 amide bonds. The summed E-state index contributed by atoms with van der Waals surface area (Å²) >= 11 is 2.73. The lowest BCUT2D eigenvalue weighted by Gasteiger charge is -2.34. The third kappa shape index (κ3) is 4.09. The number of anilines is 1. The molecule has 1 fully saturated rings.